The number of allylic oxidation sites excluding steroid dienone is 2. The van der Waals surface area contributed by atoms with Crippen LogP contribution in [0.5, 0.6) is 0 Å². The number of esters is 1. The Morgan fingerprint density at radius 1 is 1.07 bits per heavy atom. The fraction of sp³-hybridized carbons (Fsp3) is 0.0952. The van der Waals surface area contributed by atoms with Crippen molar-refractivity contribution in [1.82, 2.24) is 5.43 Å². The van der Waals surface area contributed by atoms with Gasteiger partial charge in [0.1, 0.15) is 5.57 Å². The molecule has 1 fully saturated rings. The average Bonchev–Trinajstić information content (AvgIpc) is 2.97. The lowest BCUT2D eigenvalue weighted by Crippen LogP contribution is -2.35. The second kappa shape index (κ2) is 8.14. The highest BCUT2D eigenvalue weighted by atomic mass is 16.5. The number of carbonyl (C=O) groups excluding carboxylic acids is 3. The Hall–Kier alpha value is -3.67. The molecule has 1 N–H and O–H groups in total. The summed E-state index contributed by atoms with van der Waals surface area (Å²) in [7, 11) is 0. The number of anilines is 1. The van der Waals surface area contributed by atoms with Gasteiger partial charge in [-0.15, -0.1) is 0 Å². The lowest BCUT2D eigenvalue weighted by atomic mass is 10.1. The SMILES string of the molecule is CCOC(=O)c1ccc(N2NC(=O)/C(=C/C=C\c3ccccc3)C2=O)cc1. The van der Waals surface area contributed by atoms with Crippen molar-refractivity contribution in [2.24, 2.45) is 0 Å². The van der Waals surface area contributed by atoms with Crippen LogP contribution < -0.4 is 10.4 Å². The van der Waals surface area contributed by atoms with Gasteiger partial charge in [-0.1, -0.05) is 42.5 Å². The van der Waals surface area contributed by atoms with Crippen molar-refractivity contribution in [3.05, 3.63) is 83.4 Å². The predicted octanol–water partition coefficient (Wildman–Crippen LogP) is 2.88. The molecule has 0 saturated carbocycles. The van der Waals surface area contributed by atoms with E-state index in [1.54, 1.807) is 37.3 Å². The van der Waals surface area contributed by atoms with E-state index in [0.717, 1.165) is 10.6 Å². The van der Waals surface area contributed by atoms with Gasteiger partial charge in [-0.2, -0.15) is 0 Å². The van der Waals surface area contributed by atoms with Crippen molar-refractivity contribution in [1.29, 1.82) is 0 Å². The van der Waals surface area contributed by atoms with E-state index < -0.39 is 17.8 Å². The van der Waals surface area contributed by atoms with Crippen molar-refractivity contribution in [2.45, 2.75) is 6.92 Å². The Labute approximate surface area is 156 Å². The molecule has 6 heteroatoms. The van der Waals surface area contributed by atoms with Crippen LogP contribution in [0.3, 0.4) is 0 Å². The maximum atomic E-state index is 12.5. The smallest absolute Gasteiger partial charge is 0.338 e. The van der Waals surface area contributed by atoms with Gasteiger partial charge in [-0.05, 0) is 42.8 Å². The molecule has 6 nitrogen and oxygen atoms in total. The third kappa shape index (κ3) is 4.12. The number of nitrogens with zero attached hydrogens (tertiary/aromatic N) is 1. The topological polar surface area (TPSA) is 75.7 Å². The summed E-state index contributed by atoms with van der Waals surface area (Å²) in [4.78, 5) is 36.3. The first-order valence-electron chi connectivity index (χ1n) is 8.46. The van der Waals surface area contributed by atoms with Gasteiger partial charge in [-0.25, -0.2) is 9.80 Å². The minimum absolute atomic E-state index is 0.0386. The van der Waals surface area contributed by atoms with Gasteiger partial charge < -0.3 is 4.74 Å². The fourth-order valence-electron chi connectivity index (χ4n) is 2.54. The molecular weight excluding hydrogens is 344 g/mol. The van der Waals surface area contributed by atoms with Crippen LogP contribution in [0.25, 0.3) is 6.08 Å². The summed E-state index contributed by atoms with van der Waals surface area (Å²) in [5.74, 6) is -1.37. The maximum absolute atomic E-state index is 12.5. The highest BCUT2D eigenvalue weighted by molar-refractivity contribution is 6.29. The minimum atomic E-state index is -0.479. The number of hydrazine groups is 1. The highest BCUT2D eigenvalue weighted by Gasteiger charge is 2.34. The van der Waals surface area contributed by atoms with Gasteiger partial charge in [-0.3, -0.25) is 15.0 Å². The van der Waals surface area contributed by atoms with Crippen molar-refractivity contribution >= 4 is 29.5 Å². The summed E-state index contributed by atoms with van der Waals surface area (Å²) >= 11 is 0. The first-order chi connectivity index (χ1) is 13.1. The largest absolute Gasteiger partial charge is 0.462 e. The van der Waals surface area contributed by atoms with E-state index in [0.29, 0.717) is 11.3 Å². The number of rotatable bonds is 5. The van der Waals surface area contributed by atoms with E-state index in [1.165, 1.54) is 6.08 Å². The van der Waals surface area contributed by atoms with Gasteiger partial charge in [0.15, 0.2) is 0 Å². The summed E-state index contributed by atoms with van der Waals surface area (Å²) in [6.45, 7) is 2.01. The maximum Gasteiger partial charge on any atom is 0.338 e. The number of benzene rings is 2. The summed E-state index contributed by atoms with van der Waals surface area (Å²) in [6.07, 6.45) is 4.96. The molecule has 1 heterocycles. The molecule has 0 spiro atoms. The van der Waals surface area contributed by atoms with E-state index in [1.807, 2.05) is 36.4 Å². The molecule has 0 atom stereocenters. The van der Waals surface area contributed by atoms with Gasteiger partial charge >= 0.3 is 5.97 Å². The van der Waals surface area contributed by atoms with Crippen LogP contribution in [-0.4, -0.2) is 24.4 Å². The minimum Gasteiger partial charge on any atom is -0.462 e. The standard InChI is InChI=1S/C21H18N2O4/c1-2-27-21(26)16-11-13-17(14-12-16)23-20(25)18(19(24)22-23)10-6-9-15-7-4-3-5-8-15/h3-14H,2H2,1H3,(H,22,24)/b9-6-,18-10-. The Morgan fingerprint density at radius 2 is 1.78 bits per heavy atom. The van der Waals surface area contributed by atoms with Crippen LogP contribution in [0.4, 0.5) is 5.69 Å². The normalized spacial score (nSPS) is 15.4. The molecule has 27 heavy (non-hydrogen) atoms. The summed E-state index contributed by atoms with van der Waals surface area (Å²) in [5, 5.41) is 1.15. The van der Waals surface area contributed by atoms with Gasteiger partial charge in [0.05, 0.1) is 17.9 Å². The van der Waals surface area contributed by atoms with Crippen LogP contribution in [0.1, 0.15) is 22.8 Å². The Morgan fingerprint density at radius 3 is 2.44 bits per heavy atom. The number of hydrogen-bond acceptors (Lipinski definition) is 4. The molecule has 1 aliphatic rings. The molecular formula is C21H18N2O4. The monoisotopic (exact) mass is 362 g/mol. The first kappa shape index (κ1) is 18.1. The molecule has 136 valence electrons. The molecule has 3 rings (SSSR count). The molecule has 1 saturated heterocycles. The summed E-state index contributed by atoms with van der Waals surface area (Å²) in [5.41, 5.74) is 4.35. The zero-order chi connectivity index (χ0) is 19.2. The third-order valence-corrected chi connectivity index (χ3v) is 3.88. The summed E-state index contributed by atoms with van der Waals surface area (Å²) < 4.78 is 4.92. The van der Waals surface area contributed by atoms with E-state index in [-0.39, 0.29) is 12.2 Å². The van der Waals surface area contributed by atoms with Crippen LogP contribution in [0, 0.1) is 0 Å². The number of nitrogens with one attached hydrogen (secondary N) is 1. The third-order valence-electron chi connectivity index (χ3n) is 3.88. The summed E-state index contributed by atoms with van der Waals surface area (Å²) in [6, 6.07) is 15.8. The van der Waals surface area contributed by atoms with E-state index >= 15 is 0 Å². The molecule has 0 aromatic heterocycles. The first-order valence-corrected chi connectivity index (χ1v) is 8.46. The van der Waals surface area contributed by atoms with E-state index in [9.17, 15) is 14.4 Å². The van der Waals surface area contributed by atoms with Crippen molar-refractivity contribution in [3.8, 4) is 0 Å². The lowest BCUT2D eigenvalue weighted by molar-refractivity contribution is -0.117. The zero-order valence-corrected chi connectivity index (χ0v) is 14.7. The van der Waals surface area contributed by atoms with Gasteiger partial charge in [0.25, 0.3) is 11.8 Å². The van der Waals surface area contributed by atoms with Crippen molar-refractivity contribution in [3.63, 3.8) is 0 Å². The average molecular weight is 362 g/mol. The molecule has 1 aliphatic heterocycles. The molecule has 2 aromatic rings. The highest BCUT2D eigenvalue weighted by Crippen LogP contribution is 2.21. The molecule has 0 unspecified atom stereocenters. The van der Waals surface area contributed by atoms with Crippen LogP contribution in [0.2, 0.25) is 0 Å². The lowest BCUT2D eigenvalue weighted by Gasteiger charge is -2.14. The Balaban J connectivity index is 1.75. The quantitative estimate of drug-likeness (QED) is 0.504. The number of carbonyl (C=O) groups is 3. The second-order valence-corrected chi connectivity index (χ2v) is 5.70. The number of amides is 2. The van der Waals surface area contributed by atoms with Crippen LogP contribution in [-0.2, 0) is 14.3 Å². The predicted molar refractivity (Wildman–Crippen MR) is 102 cm³/mol. The van der Waals surface area contributed by atoms with E-state index in [4.69, 9.17) is 4.74 Å². The number of hydrogen-bond donors (Lipinski definition) is 1. The molecule has 0 radical (unpaired) electrons. The van der Waals surface area contributed by atoms with Crippen molar-refractivity contribution < 1.29 is 19.1 Å². The van der Waals surface area contributed by atoms with Crippen LogP contribution >= 0.6 is 0 Å². The van der Waals surface area contributed by atoms with Gasteiger partial charge in [0, 0.05) is 0 Å². The van der Waals surface area contributed by atoms with E-state index in [2.05, 4.69) is 5.43 Å². The number of ether oxygens (including phenoxy) is 1. The molecule has 2 amide bonds. The second-order valence-electron chi connectivity index (χ2n) is 5.70. The van der Waals surface area contributed by atoms with Crippen LogP contribution in [0.15, 0.2) is 72.3 Å². The molecule has 0 bridgehead atoms. The zero-order valence-electron chi connectivity index (χ0n) is 14.7. The molecule has 2 aromatic carbocycles. The fourth-order valence-corrected chi connectivity index (χ4v) is 2.54. The van der Waals surface area contributed by atoms with Gasteiger partial charge in [0.2, 0.25) is 0 Å². The Bertz CT molecular complexity index is 915. The van der Waals surface area contributed by atoms with Crippen molar-refractivity contribution in [2.75, 3.05) is 11.6 Å². The Kier molecular flexibility index (Phi) is 5.47. The molecule has 0 aliphatic carbocycles.